The van der Waals surface area contributed by atoms with Crippen LogP contribution in [0.2, 0.25) is 0 Å². The third kappa shape index (κ3) is 10.6. The number of nitrogens with zero attached hydrogens (tertiary/aromatic N) is 1. The van der Waals surface area contributed by atoms with Gasteiger partial charge in [-0.3, -0.25) is 9.59 Å². The van der Waals surface area contributed by atoms with Crippen LogP contribution in [-0.2, 0) is 19.1 Å². The number of hydrogen-bond donors (Lipinski definition) is 0. The van der Waals surface area contributed by atoms with Crippen molar-refractivity contribution < 1.29 is 19.1 Å². The van der Waals surface area contributed by atoms with Crippen LogP contribution in [0, 0.1) is 0 Å². The van der Waals surface area contributed by atoms with Gasteiger partial charge in [0.05, 0.1) is 0 Å². The third-order valence-corrected chi connectivity index (χ3v) is 8.38. The first-order chi connectivity index (χ1) is 18.6. The maximum atomic E-state index is 13.2. The zero-order chi connectivity index (χ0) is 27.0. The van der Waals surface area contributed by atoms with Gasteiger partial charge in [0.2, 0.25) is 0 Å². The van der Waals surface area contributed by atoms with E-state index in [2.05, 4.69) is 31.0 Å². The SMILES string of the molecule is CCCCCCC=CCCCCCCCC(=O)OCC(C(=O)OC1C[C@H]2CC[C@@H](C1)N2C)c1ccccc1. The molecule has 5 nitrogen and oxygen atoms in total. The first-order valence-corrected chi connectivity index (χ1v) is 15.4. The molecule has 0 aliphatic carbocycles. The lowest BCUT2D eigenvalue weighted by atomic mass is 9.98. The minimum absolute atomic E-state index is 0.0422. The van der Waals surface area contributed by atoms with Crippen molar-refractivity contribution in [3.63, 3.8) is 0 Å². The van der Waals surface area contributed by atoms with Crippen molar-refractivity contribution in [1.29, 1.82) is 0 Å². The van der Waals surface area contributed by atoms with Gasteiger partial charge >= 0.3 is 11.9 Å². The number of esters is 2. The monoisotopic (exact) mass is 525 g/mol. The summed E-state index contributed by atoms with van der Waals surface area (Å²) >= 11 is 0. The number of ether oxygens (including phenoxy) is 2. The molecule has 1 aromatic rings. The van der Waals surface area contributed by atoms with Crippen LogP contribution in [-0.4, -0.2) is 48.7 Å². The first-order valence-electron chi connectivity index (χ1n) is 15.4. The van der Waals surface area contributed by atoms with E-state index in [1.165, 1.54) is 57.8 Å². The van der Waals surface area contributed by atoms with Gasteiger partial charge in [0.25, 0.3) is 0 Å². The van der Waals surface area contributed by atoms with E-state index in [9.17, 15) is 9.59 Å². The van der Waals surface area contributed by atoms with E-state index in [0.717, 1.165) is 44.1 Å². The summed E-state index contributed by atoms with van der Waals surface area (Å²) in [5.41, 5.74) is 0.844. The van der Waals surface area contributed by atoms with E-state index in [-0.39, 0.29) is 24.6 Å². The van der Waals surface area contributed by atoms with Crippen LogP contribution >= 0.6 is 0 Å². The molecule has 4 atom stereocenters. The van der Waals surface area contributed by atoms with Gasteiger partial charge in [-0.15, -0.1) is 0 Å². The molecule has 3 rings (SSSR count). The van der Waals surface area contributed by atoms with E-state index in [4.69, 9.17) is 9.47 Å². The Morgan fingerprint density at radius 3 is 2.16 bits per heavy atom. The average molecular weight is 526 g/mol. The molecule has 2 saturated heterocycles. The highest BCUT2D eigenvalue weighted by Crippen LogP contribution is 2.36. The van der Waals surface area contributed by atoms with Crippen molar-refractivity contribution in [3.8, 4) is 0 Å². The summed E-state index contributed by atoms with van der Waals surface area (Å²) in [5.74, 6) is -1.06. The molecule has 0 spiro atoms. The van der Waals surface area contributed by atoms with Crippen LogP contribution in [0.1, 0.15) is 121 Å². The highest BCUT2D eigenvalue weighted by molar-refractivity contribution is 5.79. The van der Waals surface area contributed by atoms with Crippen molar-refractivity contribution >= 4 is 11.9 Å². The topological polar surface area (TPSA) is 55.8 Å². The van der Waals surface area contributed by atoms with Gasteiger partial charge in [-0.25, -0.2) is 0 Å². The Morgan fingerprint density at radius 2 is 1.50 bits per heavy atom. The van der Waals surface area contributed by atoms with Crippen molar-refractivity contribution in [2.24, 2.45) is 0 Å². The Hall–Kier alpha value is -2.14. The number of unbranched alkanes of at least 4 members (excludes halogenated alkanes) is 9. The quantitative estimate of drug-likeness (QED) is 0.111. The van der Waals surface area contributed by atoms with Gasteiger partial charge in [0.15, 0.2) is 0 Å². The molecule has 0 aromatic heterocycles. The second kappa shape index (κ2) is 17.4. The van der Waals surface area contributed by atoms with Gasteiger partial charge in [-0.05, 0) is 70.4 Å². The first kappa shape index (κ1) is 30.4. The highest BCUT2D eigenvalue weighted by atomic mass is 16.6. The van der Waals surface area contributed by atoms with Crippen LogP contribution in [0.25, 0.3) is 0 Å². The van der Waals surface area contributed by atoms with Crippen molar-refractivity contribution in [2.45, 2.75) is 134 Å². The Kier molecular flexibility index (Phi) is 14.0. The molecule has 2 unspecified atom stereocenters. The fourth-order valence-corrected chi connectivity index (χ4v) is 5.92. The molecule has 2 heterocycles. The number of carbonyl (C=O) groups excluding carboxylic acids is 2. The van der Waals surface area contributed by atoms with Crippen LogP contribution in [0.3, 0.4) is 0 Å². The van der Waals surface area contributed by atoms with Crippen LogP contribution < -0.4 is 0 Å². The van der Waals surface area contributed by atoms with E-state index < -0.39 is 5.92 Å². The Morgan fingerprint density at radius 1 is 0.895 bits per heavy atom. The summed E-state index contributed by atoms with van der Waals surface area (Å²) in [4.78, 5) is 28.1. The van der Waals surface area contributed by atoms with E-state index in [1.54, 1.807) is 0 Å². The fourth-order valence-electron chi connectivity index (χ4n) is 5.92. The molecular weight excluding hydrogens is 474 g/mol. The molecule has 0 radical (unpaired) electrons. The molecule has 2 aliphatic heterocycles. The zero-order valence-corrected chi connectivity index (χ0v) is 24.0. The molecule has 0 N–H and O–H groups in total. The second-order valence-corrected chi connectivity index (χ2v) is 11.4. The molecule has 2 aliphatic rings. The molecule has 2 fully saturated rings. The fraction of sp³-hybridized carbons (Fsp3) is 0.697. The largest absolute Gasteiger partial charge is 0.464 e. The summed E-state index contributed by atoms with van der Waals surface area (Å²) in [6.45, 7) is 2.30. The number of fused-ring (bicyclic) bond motifs is 2. The smallest absolute Gasteiger partial charge is 0.317 e. The summed E-state index contributed by atoms with van der Waals surface area (Å²) in [6, 6.07) is 10.6. The molecule has 212 valence electrons. The molecule has 0 saturated carbocycles. The lowest BCUT2D eigenvalue weighted by molar-refractivity contribution is -0.158. The van der Waals surface area contributed by atoms with E-state index in [0.29, 0.717) is 18.5 Å². The molecule has 5 heteroatoms. The lowest BCUT2D eigenvalue weighted by Gasteiger charge is -2.36. The molecular formula is C33H51NO4. The third-order valence-electron chi connectivity index (χ3n) is 8.38. The molecule has 2 bridgehead atoms. The number of benzene rings is 1. The van der Waals surface area contributed by atoms with Gasteiger partial charge in [-0.1, -0.05) is 87.9 Å². The summed E-state index contributed by atoms with van der Waals surface area (Å²) in [5, 5.41) is 0. The minimum Gasteiger partial charge on any atom is -0.464 e. The van der Waals surface area contributed by atoms with Crippen molar-refractivity contribution in [1.82, 2.24) is 4.90 Å². The van der Waals surface area contributed by atoms with Crippen LogP contribution in [0.5, 0.6) is 0 Å². The van der Waals surface area contributed by atoms with Gasteiger partial charge in [0, 0.05) is 18.5 Å². The van der Waals surface area contributed by atoms with Gasteiger partial charge in [0.1, 0.15) is 18.6 Å². The number of rotatable bonds is 18. The highest BCUT2D eigenvalue weighted by Gasteiger charge is 2.40. The summed E-state index contributed by atoms with van der Waals surface area (Å²) in [6.07, 6.45) is 22.3. The van der Waals surface area contributed by atoms with Crippen LogP contribution in [0.4, 0.5) is 0 Å². The lowest BCUT2D eigenvalue weighted by Crippen LogP contribution is -2.44. The maximum absolute atomic E-state index is 13.2. The number of allylic oxidation sites excluding steroid dienone is 2. The Labute approximate surface area is 231 Å². The van der Waals surface area contributed by atoms with Crippen molar-refractivity contribution in [2.75, 3.05) is 13.7 Å². The normalized spacial score (nSPS) is 22.0. The zero-order valence-electron chi connectivity index (χ0n) is 24.0. The molecule has 1 aromatic carbocycles. The van der Waals surface area contributed by atoms with Crippen LogP contribution in [0.15, 0.2) is 42.5 Å². The average Bonchev–Trinajstić information content (AvgIpc) is 3.11. The van der Waals surface area contributed by atoms with E-state index >= 15 is 0 Å². The standard InChI is InChI=1S/C33H51NO4/c1-3-4-5-6-7-8-9-10-11-12-13-14-18-21-32(35)37-26-31(27-19-16-15-17-20-27)33(36)38-30-24-28-22-23-29(25-30)34(28)2/h8-9,15-17,19-20,28-31H,3-7,10-14,18,21-26H2,1-2H3/t28-,29+,30?,31?. The number of carbonyl (C=O) groups is 2. The predicted molar refractivity (Wildman–Crippen MR) is 154 cm³/mol. The van der Waals surface area contributed by atoms with Crippen molar-refractivity contribution in [3.05, 3.63) is 48.0 Å². The van der Waals surface area contributed by atoms with E-state index in [1.807, 2.05) is 30.3 Å². The van der Waals surface area contributed by atoms with Gasteiger partial charge < -0.3 is 14.4 Å². The molecule has 38 heavy (non-hydrogen) atoms. The number of piperidine rings is 1. The summed E-state index contributed by atoms with van der Waals surface area (Å²) in [7, 11) is 2.18. The Balaban J connectivity index is 1.31. The maximum Gasteiger partial charge on any atom is 0.317 e. The van der Waals surface area contributed by atoms with Gasteiger partial charge in [-0.2, -0.15) is 0 Å². The minimum atomic E-state index is -0.572. The second-order valence-electron chi connectivity index (χ2n) is 11.4. The number of hydrogen-bond acceptors (Lipinski definition) is 5. The summed E-state index contributed by atoms with van der Waals surface area (Å²) < 4.78 is 11.6. The molecule has 0 amide bonds. The Bertz CT molecular complexity index is 825. The predicted octanol–water partition coefficient (Wildman–Crippen LogP) is 7.74.